The summed E-state index contributed by atoms with van der Waals surface area (Å²) in [5.74, 6) is -2.05. The number of thioether (sulfide) groups is 1. The second kappa shape index (κ2) is 7.69. The molecule has 4 rings (SSSR count). The predicted molar refractivity (Wildman–Crippen MR) is 102 cm³/mol. The lowest BCUT2D eigenvalue weighted by Crippen LogP contribution is -2.33. The third-order valence-corrected chi connectivity index (χ3v) is 5.12. The van der Waals surface area contributed by atoms with Crippen molar-refractivity contribution in [3.05, 3.63) is 83.7 Å². The summed E-state index contributed by atoms with van der Waals surface area (Å²) in [6.45, 7) is 0.622. The van der Waals surface area contributed by atoms with Gasteiger partial charge in [0, 0.05) is 18.9 Å². The summed E-state index contributed by atoms with van der Waals surface area (Å²) in [5, 5.41) is 1.16. The molecule has 0 bridgehead atoms. The fourth-order valence-electron chi connectivity index (χ4n) is 2.84. The van der Waals surface area contributed by atoms with Gasteiger partial charge in [-0.25, -0.2) is 9.78 Å². The van der Waals surface area contributed by atoms with Crippen LogP contribution in [-0.2, 0) is 16.2 Å². The second-order valence-corrected chi connectivity index (χ2v) is 6.97. The molecule has 2 amide bonds. The fourth-order valence-corrected chi connectivity index (χ4v) is 3.56. The quantitative estimate of drug-likeness (QED) is 0.473. The molecule has 2 heterocycles. The Kier molecular flexibility index (Phi) is 4.94. The van der Waals surface area contributed by atoms with Gasteiger partial charge in [0.15, 0.2) is 5.16 Å². The molecule has 0 saturated heterocycles. The molecule has 140 valence electrons. The average Bonchev–Trinajstić information content (AvgIpc) is 3.25. The van der Waals surface area contributed by atoms with Crippen molar-refractivity contribution >= 4 is 29.5 Å². The Bertz CT molecular complexity index is 1010. The van der Waals surface area contributed by atoms with E-state index in [0.717, 1.165) is 5.56 Å². The number of imide groups is 1. The Hall–Kier alpha value is -3.39. The topological polar surface area (TPSA) is 81.5 Å². The van der Waals surface area contributed by atoms with Crippen molar-refractivity contribution in [2.45, 2.75) is 11.7 Å². The highest BCUT2D eigenvalue weighted by atomic mass is 32.2. The van der Waals surface area contributed by atoms with Gasteiger partial charge in [0.1, 0.15) is 5.75 Å². The Morgan fingerprint density at radius 1 is 0.964 bits per heavy atom. The van der Waals surface area contributed by atoms with Crippen molar-refractivity contribution in [2.75, 3.05) is 5.75 Å². The van der Waals surface area contributed by atoms with Crippen molar-refractivity contribution in [1.82, 2.24) is 14.6 Å². The summed E-state index contributed by atoms with van der Waals surface area (Å²) < 4.78 is 1.91. The molecule has 1 aromatic heterocycles. The number of hydrogen-bond donors (Lipinski definition) is 0. The van der Waals surface area contributed by atoms with Crippen LogP contribution in [0.4, 0.5) is 0 Å². The van der Waals surface area contributed by atoms with E-state index in [-0.39, 0.29) is 16.9 Å². The minimum absolute atomic E-state index is 0.0841. The molecule has 1 aliphatic heterocycles. The fraction of sp³-hybridized carbons (Fsp3) is 0.100. The van der Waals surface area contributed by atoms with E-state index in [1.54, 1.807) is 18.3 Å². The summed E-state index contributed by atoms with van der Waals surface area (Å²) in [6.07, 6.45) is 3.48. The van der Waals surface area contributed by atoms with E-state index in [4.69, 9.17) is 4.84 Å². The Morgan fingerprint density at radius 2 is 1.61 bits per heavy atom. The molecule has 0 atom stereocenters. The van der Waals surface area contributed by atoms with Crippen LogP contribution in [-0.4, -0.2) is 38.2 Å². The number of nitrogens with zero attached hydrogens (tertiary/aromatic N) is 3. The molecular formula is C20H15N3O4S. The van der Waals surface area contributed by atoms with Crippen molar-refractivity contribution in [3.63, 3.8) is 0 Å². The van der Waals surface area contributed by atoms with Crippen LogP contribution in [0.2, 0.25) is 0 Å². The molecular weight excluding hydrogens is 378 g/mol. The van der Waals surface area contributed by atoms with Gasteiger partial charge in [-0.05, 0) is 17.7 Å². The highest BCUT2D eigenvalue weighted by molar-refractivity contribution is 7.99. The zero-order chi connectivity index (χ0) is 19.5. The number of carbonyl (C=O) groups excluding carboxylic acids is 3. The number of imidazole rings is 1. The number of fused-ring (bicyclic) bond motifs is 1. The van der Waals surface area contributed by atoms with Gasteiger partial charge >= 0.3 is 5.97 Å². The average molecular weight is 393 g/mol. The molecule has 0 unspecified atom stereocenters. The molecule has 0 spiro atoms. The zero-order valence-electron chi connectivity index (χ0n) is 14.6. The van der Waals surface area contributed by atoms with Crippen LogP contribution >= 0.6 is 11.8 Å². The van der Waals surface area contributed by atoms with Crippen molar-refractivity contribution in [3.8, 4) is 0 Å². The molecule has 8 heteroatoms. The molecule has 0 aliphatic carbocycles. The van der Waals surface area contributed by atoms with E-state index < -0.39 is 17.8 Å². The Labute approximate surface area is 164 Å². The number of carbonyl (C=O) groups is 3. The number of aromatic nitrogens is 2. The lowest BCUT2D eigenvalue weighted by atomic mass is 10.1. The molecule has 7 nitrogen and oxygen atoms in total. The van der Waals surface area contributed by atoms with Crippen LogP contribution in [0.1, 0.15) is 26.3 Å². The Balaban J connectivity index is 1.37. The van der Waals surface area contributed by atoms with Crippen LogP contribution in [0.5, 0.6) is 0 Å². The van der Waals surface area contributed by atoms with Gasteiger partial charge in [0.2, 0.25) is 0 Å². The van der Waals surface area contributed by atoms with Crippen LogP contribution in [0.15, 0.2) is 72.1 Å². The SMILES string of the molecule is O=C(CSc1nccn1Cc1ccccc1)ON1C(=O)c2ccccc2C1=O. The first-order valence-corrected chi connectivity index (χ1v) is 9.48. The maximum Gasteiger partial charge on any atom is 0.343 e. The first kappa shape index (κ1) is 18.0. The van der Waals surface area contributed by atoms with E-state index in [1.807, 2.05) is 41.1 Å². The normalized spacial score (nSPS) is 12.9. The minimum atomic E-state index is -0.700. The van der Waals surface area contributed by atoms with Gasteiger partial charge in [-0.15, -0.1) is 0 Å². The molecule has 1 aliphatic rings. The van der Waals surface area contributed by atoms with Crippen LogP contribution in [0.25, 0.3) is 0 Å². The smallest absolute Gasteiger partial charge is 0.329 e. The summed E-state index contributed by atoms with van der Waals surface area (Å²) in [7, 11) is 0. The molecule has 2 aromatic carbocycles. The number of benzene rings is 2. The molecule has 0 radical (unpaired) electrons. The molecule has 3 aromatic rings. The molecule has 28 heavy (non-hydrogen) atoms. The summed E-state index contributed by atoms with van der Waals surface area (Å²) >= 11 is 1.18. The van der Waals surface area contributed by atoms with Gasteiger partial charge in [0.05, 0.1) is 11.1 Å². The maximum absolute atomic E-state index is 12.2. The summed E-state index contributed by atoms with van der Waals surface area (Å²) in [6, 6.07) is 16.2. The number of rotatable bonds is 6. The summed E-state index contributed by atoms with van der Waals surface area (Å²) in [5.41, 5.74) is 1.56. The van der Waals surface area contributed by atoms with Gasteiger partial charge in [0.25, 0.3) is 11.8 Å². The maximum atomic E-state index is 12.2. The standard InChI is InChI=1S/C20H15N3O4S/c24-17(27-23-18(25)15-8-4-5-9-16(15)19(23)26)13-28-20-21-10-11-22(20)12-14-6-2-1-3-7-14/h1-11H,12-13H2. The minimum Gasteiger partial charge on any atom is -0.329 e. The van der Waals surface area contributed by atoms with Crippen LogP contribution in [0, 0.1) is 0 Å². The largest absolute Gasteiger partial charge is 0.343 e. The third-order valence-electron chi connectivity index (χ3n) is 4.14. The van der Waals surface area contributed by atoms with Crippen molar-refractivity contribution in [1.29, 1.82) is 0 Å². The predicted octanol–water partition coefficient (Wildman–Crippen LogP) is 2.78. The van der Waals surface area contributed by atoms with Crippen LogP contribution in [0.3, 0.4) is 0 Å². The van der Waals surface area contributed by atoms with E-state index in [9.17, 15) is 14.4 Å². The lowest BCUT2D eigenvalue weighted by Gasteiger charge is -2.12. The third kappa shape index (κ3) is 3.54. The molecule has 0 saturated carbocycles. The van der Waals surface area contributed by atoms with Gasteiger partial charge in [-0.2, -0.15) is 0 Å². The van der Waals surface area contributed by atoms with Crippen molar-refractivity contribution in [2.24, 2.45) is 0 Å². The van der Waals surface area contributed by atoms with Gasteiger partial charge < -0.3 is 9.40 Å². The zero-order valence-corrected chi connectivity index (χ0v) is 15.5. The summed E-state index contributed by atoms with van der Waals surface area (Å²) in [4.78, 5) is 45.9. The number of hydrogen-bond acceptors (Lipinski definition) is 6. The number of hydroxylamine groups is 2. The van der Waals surface area contributed by atoms with Gasteiger partial charge in [-0.1, -0.05) is 59.3 Å². The molecule has 0 fully saturated rings. The first-order chi connectivity index (χ1) is 13.6. The van der Waals surface area contributed by atoms with E-state index in [2.05, 4.69) is 4.98 Å². The number of amides is 2. The highest BCUT2D eigenvalue weighted by Gasteiger charge is 2.38. The second-order valence-electron chi connectivity index (χ2n) is 6.03. The van der Waals surface area contributed by atoms with E-state index >= 15 is 0 Å². The first-order valence-electron chi connectivity index (χ1n) is 8.50. The monoisotopic (exact) mass is 393 g/mol. The molecule has 0 N–H and O–H groups in total. The lowest BCUT2D eigenvalue weighted by molar-refractivity contribution is -0.165. The van der Waals surface area contributed by atoms with E-state index in [0.29, 0.717) is 16.8 Å². The Morgan fingerprint density at radius 3 is 2.29 bits per heavy atom. The van der Waals surface area contributed by atoms with Crippen molar-refractivity contribution < 1.29 is 19.2 Å². The van der Waals surface area contributed by atoms with Crippen LogP contribution < -0.4 is 0 Å². The van der Waals surface area contributed by atoms with E-state index in [1.165, 1.54) is 23.9 Å². The highest BCUT2D eigenvalue weighted by Crippen LogP contribution is 2.23. The van der Waals surface area contributed by atoms with Gasteiger partial charge in [-0.3, -0.25) is 9.59 Å².